The van der Waals surface area contributed by atoms with Crippen LogP contribution >= 0.6 is 0 Å². The summed E-state index contributed by atoms with van der Waals surface area (Å²) in [4.78, 5) is 19.9. The minimum absolute atomic E-state index is 0. The summed E-state index contributed by atoms with van der Waals surface area (Å²) in [5.74, 6) is 0. The van der Waals surface area contributed by atoms with Gasteiger partial charge in [0.1, 0.15) is 0 Å². The van der Waals surface area contributed by atoms with E-state index < -0.39 is 14.0 Å². The molecule has 0 aliphatic carbocycles. The molecule has 0 heterocycles. The van der Waals surface area contributed by atoms with Crippen LogP contribution in [0, 0.1) is 0 Å². The van der Waals surface area contributed by atoms with E-state index in [0.29, 0.717) is 16.8 Å². The fraction of sp³-hybridized carbons (Fsp3) is 0.0667. The van der Waals surface area contributed by atoms with Gasteiger partial charge < -0.3 is 35.3 Å². The van der Waals surface area contributed by atoms with Gasteiger partial charge in [-0.2, -0.15) is 0 Å². The summed E-state index contributed by atoms with van der Waals surface area (Å²) in [6, 6.07) is 13.2. The Morgan fingerprint density at radius 3 is 1.68 bits per heavy atom. The van der Waals surface area contributed by atoms with Gasteiger partial charge in [-0.1, -0.05) is 36.6 Å². The Labute approximate surface area is 159 Å². The first-order valence-corrected chi connectivity index (χ1v) is 6.98. The molecule has 0 bridgehead atoms. The van der Waals surface area contributed by atoms with Gasteiger partial charge in [-0.25, -0.2) is 0 Å². The topological polar surface area (TPSA) is 119 Å². The van der Waals surface area contributed by atoms with E-state index in [9.17, 15) is 14.6 Å². The Balaban J connectivity index is 0.000000443. The smallest absolute Gasteiger partial charge is 0.490 e. The van der Waals surface area contributed by atoms with Crippen molar-refractivity contribution in [3.05, 3.63) is 48.5 Å². The Hall–Kier alpha value is -1.99. The molecule has 2 aromatic rings. The standard InChI is InChI=1S/C8H9BNO2.C7H7BNO3.Zn/c1-9(12)7-3-2-4-8(5-7)10-6-11;10-5-9-7-3-1-2-6(4-7)8(11)12;/h2-5,12H,1H3,(H,10,11);1-4,11-12H,(H,9,10);/q2*-1;+2. The van der Waals surface area contributed by atoms with Gasteiger partial charge in [-0.05, 0) is 5.46 Å². The molecule has 124 valence electrons. The summed E-state index contributed by atoms with van der Waals surface area (Å²) in [6.45, 7) is 1.16. The summed E-state index contributed by atoms with van der Waals surface area (Å²) in [5, 5.41) is 31.3. The maximum absolute atomic E-state index is 9.96. The van der Waals surface area contributed by atoms with E-state index in [2.05, 4.69) is 10.6 Å². The Bertz CT molecular complexity index is 616. The van der Waals surface area contributed by atoms with E-state index in [0.717, 1.165) is 5.46 Å². The predicted molar refractivity (Wildman–Crippen MR) is 94.8 cm³/mol. The third kappa shape index (κ3) is 8.60. The van der Waals surface area contributed by atoms with Crippen LogP contribution in [0.25, 0.3) is 0 Å². The van der Waals surface area contributed by atoms with Crippen molar-refractivity contribution in [3.8, 4) is 0 Å². The molecular weight excluding hydrogens is 375 g/mol. The molecule has 7 nitrogen and oxygen atoms in total. The molecular formula is C15H16B2N2O5Zn. The third-order valence-electron chi connectivity index (χ3n) is 2.94. The van der Waals surface area contributed by atoms with Crippen molar-refractivity contribution < 1.29 is 44.1 Å². The van der Waals surface area contributed by atoms with Crippen molar-refractivity contribution in [1.29, 1.82) is 0 Å². The molecule has 2 aromatic carbocycles. The van der Waals surface area contributed by atoms with Gasteiger partial charge in [-0.15, -0.1) is 35.6 Å². The zero-order valence-corrected chi connectivity index (χ0v) is 16.6. The van der Waals surface area contributed by atoms with Gasteiger partial charge in [0.2, 0.25) is 0 Å². The van der Waals surface area contributed by atoms with Crippen LogP contribution in [-0.4, -0.2) is 41.9 Å². The first-order chi connectivity index (χ1) is 11.5. The second-order valence-corrected chi connectivity index (χ2v) is 4.75. The maximum Gasteiger partial charge on any atom is 2.00 e. The number of amides is 2. The summed E-state index contributed by atoms with van der Waals surface area (Å²) in [5.41, 5.74) is 2.23. The number of nitrogens with one attached hydrogen (secondary N) is 2. The number of benzene rings is 2. The molecule has 0 saturated carbocycles. The summed E-state index contributed by atoms with van der Waals surface area (Å²) in [6.07, 6.45) is 3.06. The van der Waals surface area contributed by atoms with Crippen LogP contribution in [-0.2, 0) is 29.1 Å². The normalized spacial score (nSPS) is 8.80. The fourth-order valence-corrected chi connectivity index (χ4v) is 1.77. The second-order valence-electron chi connectivity index (χ2n) is 4.75. The van der Waals surface area contributed by atoms with Crippen LogP contribution in [0.5, 0.6) is 0 Å². The van der Waals surface area contributed by atoms with Gasteiger partial charge in [0.05, 0.1) is 12.8 Å². The van der Waals surface area contributed by atoms with Crippen LogP contribution in [0.4, 0.5) is 11.4 Å². The van der Waals surface area contributed by atoms with E-state index in [1.54, 1.807) is 55.7 Å². The van der Waals surface area contributed by atoms with Gasteiger partial charge in [0.15, 0.2) is 0 Å². The monoisotopic (exact) mass is 390 g/mol. The molecule has 0 aromatic heterocycles. The quantitative estimate of drug-likeness (QED) is 0.242. The molecule has 25 heavy (non-hydrogen) atoms. The van der Waals surface area contributed by atoms with Gasteiger partial charge in [0.25, 0.3) is 0 Å². The fourth-order valence-electron chi connectivity index (χ4n) is 1.77. The molecule has 2 amide bonds. The van der Waals surface area contributed by atoms with Crippen LogP contribution < -0.4 is 21.6 Å². The number of hydrogen-bond acceptors (Lipinski definition) is 5. The van der Waals surface area contributed by atoms with E-state index in [4.69, 9.17) is 10.0 Å². The van der Waals surface area contributed by atoms with Gasteiger partial charge in [-0.3, -0.25) is 0 Å². The summed E-state index contributed by atoms with van der Waals surface area (Å²) in [7, 11) is -1.52. The average molecular weight is 391 g/mol. The van der Waals surface area contributed by atoms with Crippen molar-refractivity contribution in [2.45, 2.75) is 6.82 Å². The van der Waals surface area contributed by atoms with Crippen molar-refractivity contribution >= 4 is 49.2 Å². The molecule has 0 aliphatic heterocycles. The first kappa shape index (κ1) is 23.0. The predicted octanol–water partition coefficient (Wildman–Crippen LogP) is -1.17. The number of carbonyl (C=O) groups excluding carboxylic acids is 2. The molecule has 0 atom stereocenters. The molecule has 5 N–H and O–H groups in total. The Morgan fingerprint density at radius 1 is 0.840 bits per heavy atom. The second kappa shape index (κ2) is 12.4. The third-order valence-corrected chi connectivity index (χ3v) is 2.94. The van der Waals surface area contributed by atoms with Crippen molar-refractivity contribution in [1.82, 2.24) is 0 Å². The average Bonchev–Trinajstić information content (AvgIpc) is 2.56. The van der Waals surface area contributed by atoms with Gasteiger partial charge >= 0.3 is 33.5 Å². The number of anilines is 2. The van der Waals surface area contributed by atoms with Crippen LogP contribution in [0.2, 0.25) is 6.82 Å². The van der Waals surface area contributed by atoms with Crippen molar-refractivity contribution in [3.63, 3.8) is 0 Å². The zero-order valence-electron chi connectivity index (χ0n) is 13.6. The van der Waals surface area contributed by atoms with Crippen LogP contribution in [0.15, 0.2) is 48.5 Å². The Morgan fingerprint density at radius 2 is 1.28 bits per heavy atom. The molecule has 0 unspecified atom stereocenters. The minimum atomic E-state index is -1.52. The summed E-state index contributed by atoms with van der Waals surface area (Å²) >= 11 is 0. The van der Waals surface area contributed by atoms with Crippen LogP contribution in [0.3, 0.4) is 0 Å². The van der Waals surface area contributed by atoms with E-state index in [1.807, 2.05) is 0 Å². The molecule has 2 rings (SSSR count). The molecule has 0 fully saturated rings. The SMILES string of the molecule is CB(O)c1cccc(N[C-]=O)c1.O=[C-]Nc1cccc(B(O)O)c1.[Zn+2]. The van der Waals surface area contributed by atoms with Crippen LogP contribution in [0.1, 0.15) is 0 Å². The summed E-state index contributed by atoms with van der Waals surface area (Å²) < 4.78 is 0. The Kier molecular flexibility index (Phi) is 11.4. The first-order valence-electron chi connectivity index (χ1n) is 6.98. The zero-order chi connectivity index (χ0) is 17.9. The van der Waals surface area contributed by atoms with Crippen molar-refractivity contribution in [2.24, 2.45) is 0 Å². The largest absolute Gasteiger partial charge is 2.00 e. The molecule has 0 radical (unpaired) electrons. The van der Waals surface area contributed by atoms with E-state index in [-0.39, 0.29) is 19.5 Å². The molecule has 0 saturated heterocycles. The van der Waals surface area contributed by atoms with Crippen molar-refractivity contribution in [2.75, 3.05) is 10.6 Å². The minimum Gasteiger partial charge on any atom is -0.490 e. The molecule has 10 heteroatoms. The van der Waals surface area contributed by atoms with E-state index >= 15 is 0 Å². The molecule has 0 aliphatic rings. The maximum atomic E-state index is 9.96. The van der Waals surface area contributed by atoms with Gasteiger partial charge in [0, 0.05) is 0 Å². The number of rotatable bonds is 6. The van der Waals surface area contributed by atoms with E-state index in [1.165, 1.54) is 12.5 Å². The number of hydrogen-bond donors (Lipinski definition) is 5. The molecule has 0 spiro atoms.